The summed E-state index contributed by atoms with van der Waals surface area (Å²) < 4.78 is 41.3. The molecule has 0 amide bonds. The predicted octanol–water partition coefficient (Wildman–Crippen LogP) is 4.74. The Morgan fingerprint density at radius 2 is 2.09 bits per heavy atom. The topological polar surface area (TPSA) is 80.8 Å². The molecule has 0 saturated heterocycles. The molecule has 1 aliphatic heterocycles. The Bertz CT molecular complexity index is 1360. The summed E-state index contributed by atoms with van der Waals surface area (Å²) in [5, 5.41) is 0.403. The molecule has 0 fully saturated rings. The number of hydrogen-bond donors (Lipinski definition) is 1. The highest BCUT2D eigenvalue weighted by molar-refractivity contribution is 7.92. The van der Waals surface area contributed by atoms with Crippen LogP contribution in [0.2, 0.25) is 5.02 Å². The zero-order valence-corrected chi connectivity index (χ0v) is 20.7. The van der Waals surface area contributed by atoms with Gasteiger partial charge in [0.05, 0.1) is 29.0 Å². The number of anilines is 2. The Kier molecular flexibility index (Phi) is 6.04. The number of rotatable bonds is 6. The van der Waals surface area contributed by atoms with E-state index in [1.807, 2.05) is 25.2 Å². The number of ether oxygens (including phenoxy) is 2. The molecule has 0 bridgehead atoms. The number of pyridine rings is 1. The lowest BCUT2D eigenvalue weighted by Gasteiger charge is -2.28. The molecule has 0 saturated carbocycles. The van der Waals surface area contributed by atoms with Crippen LogP contribution in [0.15, 0.2) is 47.5 Å². The van der Waals surface area contributed by atoms with Gasteiger partial charge in [-0.1, -0.05) is 23.7 Å². The molecule has 34 heavy (non-hydrogen) atoms. The van der Waals surface area contributed by atoms with Gasteiger partial charge in [0.1, 0.15) is 19.0 Å². The normalized spacial score (nSPS) is 14.9. The van der Waals surface area contributed by atoms with Crippen LogP contribution < -0.4 is 19.1 Å². The SMILES string of the molecule is Cc1c(Cl)cccc1S(=O)(=O)Nc1c(OCc2ccc3c(c2)N(C)CCO3)cnc2c1CCC2. The molecule has 0 atom stereocenters. The smallest absolute Gasteiger partial charge is 0.262 e. The third-order valence-electron chi connectivity index (χ3n) is 6.33. The second-order valence-corrected chi connectivity index (χ2v) is 10.7. The lowest BCUT2D eigenvalue weighted by molar-refractivity contribution is 0.302. The standard InChI is InChI=1S/C25H26ClN3O4S/c1-16-19(26)6-4-8-24(16)34(30,31)28-25-18-5-3-7-20(18)27-14-23(25)33-15-17-9-10-22-21(13-17)29(2)11-12-32-22/h4,6,8-10,13-14H,3,5,7,11-12,15H2,1-2H3,(H,27,28). The van der Waals surface area contributed by atoms with Crippen molar-refractivity contribution >= 4 is 33.0 Å². The zero-order chi connectivity index (χ0) is 23.9. The number of aryl methyl sites for hydroxylation is 1. The number of fused-ring (bicyclic) bond motifs is 2. The van der Waals surface area contributed by atoms with Crippen molar-refractivity contribution in [3.05, 3.63) is 70.0 Å². The molecule has 178 valence electrons. The molecule has 0 radical (unpaired) electrons. The van der Waals surface area contributed by atoms with Crippen LogP contribution in [-0.2, 0) is 29.5 Å². The van der Waals surface area contributed by atoms with E-state index in [9.17, 15) is 8.42 Å². The summed E-state index contributed by atoms with van der Waals surface area (Å²) in [5.74, 6) is 1.26. The summed E-state index contributed by atoms with van der Waals surface area (Å²) in [6.45, 7) is 3.45. The first-order valence-corrected chi connectivity index (χ1v) is 13.1. The minimum atomic E-state index is -3.88. The highest BCUT2D eigenvalue weighted by Crippen LogP contribution is 2.38. The maximum atomic E-state index is 13.3. The number of aromatic nitrogens is 1. The third-order valence-corrected chi connectivity index (χ3v) is 8.24. The summed E-state index contributed by atoms with van der Waals surface area (Å²) in [6.07, 6.45) is 4.10. The Labute approximate surface area is 204 Å². The molecular formula is C25H26ClN3O4S. The largest absolute Gasteiger partial charge is 0.490 e. The van der Waals surface area contributed by atoms with Crippen LogP contribution in [0.5, 0.6) is 11.5 Å². The summed E-state index contributed by atoms with van der Waals surface area (Å²) in [4.78, 5) is 6.83. The van der Waals surface area contributed by atoms with E-state index in [1.165, 1.54) is 0 Å². The first kappa shape index (κ1) is 22.8. The van der Waals surface area contributed by atoms with Gasteiger partial charge in [-0.15, -0.1) is 0 Å². The Hall–Kier alpha value is -2.97. The van der Waals surface area contributed by atoms with Gasteiger partial charge >= 0.3 is 0 Å². The van der Waals surface area contributed by atoms with Crippen molar-refractivity contribution in [3.63, 3.8) is 0 Å². The molecule has 1 N–H and O–H groups in total. The van der Waals surface area contributed by atoms with E-state index < -0.39 is 10.0 Å². The Morgan fingerprint density at radius 1 is 1.24 bits per heavy atom. The number of sulfonamides is 1. The quantitative estimate of drug-likeness (QED) is 0.527. The number of nitrogens with one attached hydrogen (secondary N) is 1. The van der Waals surface area contributed by atoms with E-state index in [4.69, 9.17) is 21.1 Å². The molecule has 5 rings (SSSR count). The molecule has 9 heteroatoms. The van der Waals surface area contributed by atoms with Crippen LogP contribution in [0.25, 0.3) is 0 Å². The fourth-order valence-corrected chi connectivity index (χ4v) is 6.03. The van der Waals surface area contributed by atoms with Crippen molar-refractivity contribution in [2.45, 2.75) is 37.7 Å². The number of likely N-dealkylation sites (N-methyl/N-ethyl adjacent to an activating group) is 1. The van der Waals surface area contributed by atoms with E-state index in [-0.39, 0.29) is 11.5 Å². The summed E-state index contributed by atoms with van der Waals surface area (Å²) in [5.41, 5.74) is 4.72. The van der Waals surface area contributed by atoms with Gasteiger partial charge in [-0.25, -0.2) is 8.42 Å². The Morgan fingerprint density at radius 3 is 2.94 bits per heavy atom. The second-order valence-electron chi connectivity index (χ2n) is 8.61. The lowest BCUT2D eigenvalue weighted by atomic mass is 10.1. The average molecular weight is 500 g/mol. The van der Waals surface area contributed by atoms with Gasteiger partial charge in [-0.2, -0.15) is 0 Å². The number of benzene rings is 2. The van der Waals surface area contributed by atoms with Crippen molar-refractivity contribution in [1.82, 2.24) is 4.98 Å². The van der Waals surface area contributed by atoms with Crippen LogP contribution in [0.4, 0.5) is 11.4 Å². The van der Waals surface area contributed by atoms with Gasteiger partial charge in [0.2, 0.25) is 0 Å². The third kappa shape index (κ3) is 4.28. The maximum Gasteiger partial charge on any atom is 0.262 e. The number of hydrogen-bond acceptors (Lipinski definition) is 6. The molecule has 0 spiro atoms. The number of halogens is 1. The van der Waals surface area contributed by atoms with Gasteiger partial charge in [0.15, 0.2) is 5.75 Å². The summed E-state index contributed by atoms with van der Waals surface area (Å²) >= 11 is 6.19. The first-order chi connectivity index (χ1) is 16.3. The van der Waals surface area contributed by atoms with E-state index in [0.717, 1.165) is 54.1 Å². The minimum absolute atomic E-state index is 0.146. The zero-order valence-electron chi connectivity index (χ0n) is 19.1. The fourth-order valence-electron chi connectivity index (χ4n) is 4.43. The molecule has 1 aromatic heterocycles. The van der Waals surface area contributed by atoms with Crippen molar-refractivity contribution in [1.29, 1.82) is 0 Å². The van der Waals surface area contributed by atoms with E-state index in [1.54, 1.807) is 31.3 Å². The van der Waals surface area contributed by atoms with Crippen molar-refractivity contribution in [2.24, 2.45) is 0 Å². The van der Waals surface area contributed by atoms with Crippen molar-refractivity contribution in [2.75, 3.05) is 29.8 Å². The van der Waals surface area contributed by atoms with Gasteiger partial charge in [0, 0.05) is 23.3 Å². The molecule has 7 nitrogen and oxygen atoms in total. The summed E-state index contributed by atoms with van der Waals surface area (Å²) in [7, 11) is -1.85. The fraction of sp³-hybridized carbons (Fsp3) is 0.320. The predicted molar refractivity (Wildman–Crippen MR) is 133 cm³/mol. The van der Waals surface area contributed by atoms with Gasteiger partial charge in [-0.3, -0.25) is 9.71 Å². The van der Waals surface area contributed by atoms with Gasteiger partial charge < -0.3 is 14.4 Å². The van der Waals surface area contributed by atoms with E-state index in [0.29, 0.717) is 28.6 Å². The first-order valence-electron chi connectivity index (χ1n) is 11.2. The van der Waals surface area contributed by atoms with Gasteiger partial charge in [-0.05, 0) is 61.6 Å². The minimum Gasteiger partial charge on any atom is -0.490 e. The molecule has 3 aromatic rings. The van der Waals surface area contributed by atoms with Crippen LogP contribution in [-0.4, -0.2) is 33.6 Å². The lowest BCUT2D eigenvalue weighted by Crippen LogP contribution is -2.28. The molecule has 2 aromatic carbocycles. The second kappa shape index (κ2) is 9.00. The average Bonchev–Trinajstić information content (AvgIpc) is 3.30. The highest BCUT2D eigenvalue weighted by Gasteiger charge is 2.26. The molecule has 1 aliphatic carbocycles. The Balaban J connectivity index is 1.45. The van der Waals surface area contributed by atoms with Crippen LogP contribution in [0.3, 0.4) is 0 Å². The van der Waals surface area contributed by atoms with Crippen LogP contribution in [0.1, 0.15) is 28.8 Å². The maximum absolute atomic E-state index is 13.3. The van der Waals surface area contributed by atoms with Crippen LogP contribution in [0, 0.1) is 6.92 Å². The molecule has 2 heterocycles. The van der Waals surface area contributed by atoms with Gasteiger partial charge in [0.25, 0.3) is 10.0 Å². The van der Waals surface area contributed by atoms with Crippen LogP contribution >= 0.6 is 11.6 Å². The highest BCUT2D eigenvalue weighted by atomic mass is 35.5. The van der Waals surface area contributed by atoms with Crippen molar-refractivity contribution in [3.8, 4) is 11.5 Å². The number of nitrogens with zero attached hydrogens (tertiary/aromatic N) is 2. The van der Waals surface area contributed by atoms with E-state index >= 15 is 0 Å². The molecular weight excluding hydrogens is 474 g/mol. The molecule has 2 aliphatic rings. The monoisotopic (exact) mass is 499 g/mol. The van der Waals surface area contributed by atoms with Crippen molar-refractivity contribution < 1.29 is 17.9 Å². The molecule has 0 unspecified atom stereocenters. The summed E-state index contributed by atoms with van der Waals surface area (Å²) in [6, 6.07) is 10.8. The van der Waals surface area contributed by atoms with E-state index in [2.05, 4.69) is 14.6 Å².